The Balaban J connectivity index is 1.58. The number of rotatable bonds is 3. The number of benzene rings is 2. The summed E-state index contributed by atoms with van der Waals surface area (Å²) in [6.07, 6.45) is 1.24. The summed E-state index contributed by atoms with van der Waals surface area (Å²) in [6, 6.07) is 11.5. The van der Waals surface area contributed by atoms with E-state index in [0.29, 0.717) is 31.5 Å². The topological polar surface area (TPSA) is 49.4 Å². The molecule has 136 valence electrons. The summed E-state index contributed by atoms with van der Waals surface area (Å²) < 4.78 is 13.8. The van der Waals surface area contributed by atoms with Crippen molar-refractivity contribution >= 4 is 23.4 Å². The first-order valence-corrected chi connectivity index (χ1v) is 8.94. The van der Waals surface area contributed by atoms with Gasteiger partial charge in [0.15, 0.2) is 0 Å². The van der Waals surface area contributed by atoms with Gasteiger partial charge in [0.25, 0.3) is 11.8 Å². The maximum absolute atomic E-state index is 13.8. The van der Waals surface area contributed by atoms with Crippen LogP contribution in [0.15, 0.2) is 42.5 Å². The molecule has 1 fully saturated rings. The summed E-state index contributed by atoms with van der Waals surface area (Å²) in [5.41, 5.74) is 1.64. The number of nitrogens with zero attached hydrogens (tertiary/aromatic N) is 1. The van der Waals surface area contributed by atoms with Gasteiger partial charge < -0.3 is 10.2 Å². The Hall–Kier alpha value is -2.40. The number of amides is 2. The Labute approximate surface area is 157 Å². The number of aryl methyl sites for hydroxylation is 1. The van der Waals surface area contributed by atoms with Crippen molar-refractivity contribution in [1.82, 2.24) is 10.2 Å². The van der Waals surface area contributed by atoms with Crippen molar-refractivity contribution in [2.45, 2.75) is 25.8 Å². The van der Waals surface area contributed by atoms with E-state index in [2.05, 4.69) is 5.32 Å². The minimum Gasteiger partial charge on any atom is -0.349 e. The van der Waals surface area contributed by atoms with Crippen molar-refractivity contribution in [3.8, 4) is 0 Å². The van der Waals surface area contributed by atoms with Crippen LogP contribution in [0.5, 0.6) is 0 Å². The number of halogens is 2. The van der Waals surface area contributed by atoms with Gasteiger partial charge in [-0.05, 0) is 44.0 Å². The molecule has 6 heteroatoms. The molecule has 0 radical (unpaired) electrons. The van der Waals surface area contributed by atoms with E-state index < -0.39 is 11.7 Å². The molecule has 0 atom stereocenters. The average Bonchev–Trinajstić information content (AvgIpc) is 2.62. The fraction of sp³-hybridized carbons (Fsp3) is 0.300. The molecule has 2 amide bonds. The predicted molar refractivity (Wildman–Crippen MR) is 99.0 cm³/mol. The third-order valence-corrected chi connectivity index (χ3v) is 4.92. The van der Waals surface area contributed by atoms with Gasteiger partial charge in [-0.2, -0.15) is 0 Å². The molecule has 0 spiro atoms. The second kappa shape index (κ2) is 7.87. The van der Waals surface area contributed by atoms with E-state index in [1.54, 1.807) is 4.90 Å². The predicted octanol–water partition coefficient (Wildman–Crippen LogP) is 3.82. The highest BCUT2D eigenvalue weighted by atomic mass is 35.5. The van der Waals surface area contributed by atoms with E-state index in [4.69, 9.17) is 11.6 Å². The lowest BCUT2D eigenvalue weighted by atomic mass is 10.0. The number of hydrogen-bond acceptors (Lipinski definition) is 2. The smallest absolute Gasteiger partial charge is 0.255 e. The molecule has 26 heavy (non-hydrogen) atoms. The van der Waals surface area contributed by atoms with Crippen molar-refractivity contribution in [2.24, 2.45) is 0 Å². The van der Waals surface area contributed by atoms with Gasteiger partial charge in [-0.1, -0.05) is 35.4 Å². The monoisotopic (exact) mass is 374 g/mol. The summed E-state index contributed by atoms with van der Waals surface area (Å²) in [5.74, 6) is -1.16. The van der Waals surface area contributed by atoms with Gasteiger partial charge in [0, 0.05) is 24.7 Å². The minimum absolute atomic E-state index is 0.00748. The molecular formula is C20H20ClFN2O2. The molecule has 0 saturated carbocycles. The zero-order valence-corrected chi connectivity index (χ0v) is 15.2. The molecular weight excluding hydrogens is 355 g/mol. The molecule has 2 aromatic rings. The maximum atomic E-state index is 13.8. The lowest BCUT2D eigenvalue weighted by Gasteiger charge is -2.32. The highest BCUT2D eigenvalue weighted by Gasteiger charge is 2.26. The van der Waals surface area contributed by atoms with Crippen LogP contribution in [0.25, 0.3) is 0 Å². The first kappa shape index (κ1) is 18.4. The quantitative estimate of drug-likeness (QED) is 0.887. The normalized spacial score (nSPS) is 15.0. The van der Waals surface area contributed by atoms with Crippen LogP contribution in [0.1, 0.15) is 39.1 Å². The second-order valence-electron chi connectivity index (χ2n) is 6.50. The Morgan fingerprint density at radius 1 is 1.12 bits per heavy atom. The molecule has 0 aromatic heterocycles. The van der Waals surface area contributed by atoms with Crippen LogP contribution >= 0.6 is 11.6 Å². The van der Waals surface area contributed by atoms with Crippen LogP contribution < -0.4 is 5.32 Å². The van der Waals surface area contributed by atoms with Crippen LogP contribution in [0, 0.1) is 12.7 Å². The fourth-order valence-corrected chi connectivity index (χ4v) is 3.33. The van der Waals surface area contributed by atoms with Gasteiger partial charge in [-0.3, -0.25) is 9.59 Å². The average molecular weight is 375 g/mol. The molecule has 0 aliphatic carbocycles. The minimum atomic E-state index is -0.637. The second-order valence-corrected chi connectivity index (χ2v) is 6.91. The number of nitrogens with one attached hydrogen (secondary N) is 1. The Bertz CT molecular complexity index is 795. The third kappa shape index (κ3) is 4.05. The lowest BCUT2D eigenvalue weighted by Crippen LogP contribution is -2.46. The van der Waals surface area contributed by atoms with Gasteiger partial charge in [0.05, 0.1) is 10.6 Å². The molecule has 1 N–H and O–H groups in total. The van der Waals surface area contributed by atoms with Crippen molar-refractivity contribution < 1.29 is 14.0 Å². The summed E-state index contributed by atoms with van der Waals surface area (Å²) in [7, 11) is 0. The van der Waals surface area contributed by atoms with E-state index in [-0.39, 0.29) is 22.5 Å². The molecule has 0 bridgehead atoms. The maximum Gasteiger partial charge on any atom is 0.255 e. The molecule has 2 aromatic carbocycles. The highest BCUT2D eigenvalue weighted by Crippen LogP contribution is 2.20. The van der Waals surface area contributed by atoms with Gasteiger partial charge in [0.2, 0.25) is 0 Å². The first-order chi connectivity index (χ1) is 12.5. The van der Waals surface area contributed by atoms with E-state index in [0.717, 1.165) is 5.56 Å². The highest BCUT2D eigenvalue weighted by molar-refractivity contribution is 6.33. The molecule has 1 heterocycles. The van der Waals surface area contributed by atoms with Crippen molar-refractivity contribution in [2.75, 3.05) is 13.1 Å². The van der Waals surface area contributed by atoms with E-state index >= 15 is 0 Å². The van der Waals surface area contributed by atoms with Crippen LogP contribution in [-0.4, -0.2) is 35.8 Å². The van der Waals surface area contributed by atoms with Gasteiger partial charge in [-0.15, -0.1) is 0 Å². The zero-order chi connectivity index (χ0) is 18.7. The molecule has 0 unspecified atom stereocenters. The summed E-state index contributed by atoms with van der Waals surface area (Å²) in [4.78, 5) is 26.6. The number of carbonyl (C=O) groups excluding carboxylic acids is 2. The Morgan fingerprint density at radius 2 is 1.77 bits per heavy atom. The van der Waals surface area contributed by atoms with Gasteiger partial charge in [0.1, 0.15) is 5.82 Å². The number of likely N-dealkylation sites (tertiary alicyclic amines) is 1. The van der Waals surface area contributed by atoms with Crippen molar-refractivity contribution in [3.63, 3.8) is 0 Å². The third-order valence-electron chi connectivity index (χ3n) is 4.61. The molecule has 4 nitrogen and oxygen atoms in total. The zero-order valence-electron chi connectivity index (χ0n) is 14.5. The van der Waals surface area contributed by atoms with Gasteiger partial charge in [-0.25, -0.2) is 4.39 Å². The number of carbonyl (C=O) groups is 2. The van der Waals surface area contributed by atoms with Crippen LogP contribution in [-0.2, 0) is 0 Å². The Kier molecular flexibility index (Phi) is 5.57. The SMILES string of the molecule is Cc1ccc(C(=O)N2CCC(NC(=O)c3c(F)cccc3Cl)CC2)cc1. The fourth-order valence-electron chi connectivity index (χ4n) is 3.08. The molecule has 3 rings (SSSR count). The number of hydrogen-bond donors (Lipinski definition) is 1. The summed E-state index contributed by atoms with van der Waals surface area (Å²) >= 11 is 5.93. The van der Waals surface area contributed by atoms with Gasteiger partial charge >= 0.3 is 0 Å². The van der Waals surface area contributed by atoms with Crippen LogP contribution in [0.2, 0.25) is 5.02 Å². The van der Waals surface area contributed by atoms with E-state index in [1.807, 2.05) is 31.2 Å². The van der Waals surface area contributed by atoms with E-state index in [9.17, 15) is 14.0 Å². The summed E-state index contributed by atoms with van der Waals surface area (Å²) in [5, 5.41) is 2.91. The van der Waals surface area contributed by atoms with E-state index in [1.165, 1.54) is 18.2 Å². The lowest BCUT2D eigenvalue weighted by molar-refractivity contribution is 0.0698. The number of piperidine rings is 1. The molecule has 1 saturated heterocycles. The summed E-state index contributed by atoms with van der Waals surface area (Å²) in [6.45, 7) is 3.07. The Morgan fingerprint density at radius 3 is 2.38 bits per heavy atom. The molecule has 1 aliphatic rings. The van der Waals surface area contributed by atoms with Crippen LogP contribution in [0.4, 0.5) is 4.39 Å². The van der Waals surface area contributed by atoms with Crippen LogP contribution in [0.3, 0.4) is 0 Å². The van der Waals surface area contributed by atoms with Crippen molar-refractivity contribution in [3.05, 3.63) is 70.0 Å². The first-order valence-electron chi connectivity index (χ1n) is 8.56. The van der Waals surface area contributed by atoms with Crippen molar-refractivity contribution in [1.29, 1.82) is 0 Å². The molecule has 1 aliphatic heterocycles. The largest absolute Gasteiger partial charge is 0.349 e. The standard InChI is InChI=1S/C20H20ClFN2O2/c1-13-5-7-14(8-6-13)20(26)24-11-9-15(10-12-24)23-19(25)18-16(21)3-2-4-17(18)22/h2-8,15H,9-12H2,1H3,(H,23,25).